The maximum Gasteiger partial charge on any atom is 0.255 e. The van der Waals surface area contributed by atoms with Crippen molar-refractivity contribution >= 4 is 35.5 Å². The highest BCUT2D eigenvalue weighted by Crippen LogP contribution is 2.52. The summed E-state index contributed by atoms with van der Waals surface area (Å²) >= 11 is 0. The average molecular weight is 467 g/mol. The average Bonchev–Trinajstić information content (AvgIpc) is 2.75. The number of likely N-dealkylation sites (N-methyl/N-ethyl adjacent to an activating group) is 1. The van der Waals surface area contributed by atoms with Crippen molar-refractivity contribution in [1.29, 1.82) is 5.41 Å². The maximum atomic E-state index is 13.7. The van der Waals surface area contributed by atoms with Crippen molar-refractivity contribution in [3.63, 3.8) is 0 Å². The third-order valence-corrected chi connectivity index (χ3v) is 7.01. The fraction of sp³-hybridized carbons (Fsp3) is 0.333. The van der Waals surface area contributed by atoms with Gasteiger partial charge in [-0.2, -0.15) is 0 Å². The second-order valence-corrected chi connectivity index (χ2v) is 9.01. The fourth-order valence-corrected chi connectivity index (χ4v) is 5.58. The summed E-state index contributed by atoms with van der Waals surface area (Å²) in [5.41, 5.74) is 2.79. The quantitative estimate of drug-likeness (QED) is 0.275. The normalized spacial score (nSPS) is 28.8. The number of amides is 1. The Balaban J connectivity index is 1.98. The van der Waals surface area contributed by atoms with Crippen LogP contribution in [-0.4, -0.2) is 74.8 Å². The molecule has 1 aromatic carbocycles. The van der Waals surface area contributed by atoms with E-state index in [0.717, 1.165) is 6.21 Å². The number of primary amides is 1. The van der Waals surface area contributed by atoms with Crippen molar-refractivity contribution in [2.75, 3.05) is 14.1 Å². The Kier molecular flexibility index (Phi) is 5.46. The molecule has 0 aromatic heterocycles. The molecule has 1 aromatic rings. The van der Waals surface area contributed by atoms with Gasteiger partial charge in [-0.25, -0.2) is 0 Å². The lowest BCUT2D eigenvalue weighted by Crippen LogP contribution is -2.65. The Labute approximate surface area is 194 Å². The van der Waals surface area contributed by atoms with E-state index in [1.165, 1.54) is 17.0 Å². The summed E-state index contributed by atoms with van der Waals surface area (Å²) in [6.45, 7) is 0. The molecule has 4 atom stereocenters. The van der Waals surface area contributed by atoms with E-state index in [1.54, 1.807) is 26.2 Å². The second-order valence-electron chi connectivity index (χ2n) is 9.01. The van der Waals surface area contributed by atoms with Crippen LogP contribution >= 0.6 is 0 Å². The van der Waals surface area contributed by atoms with E-state index in [2.05, 4.69) is 0 Å². The Morgan fingerprint density at radius 3 is 2.50 bits per heavy atom. The largest absolute Gasteiger partial charge is 0.508 e. The molecule has 1 saturated carbocycles. The van der Waals surface area contributed by atoms with Gasteiger partial charge in [0.2, 0.25) is 5.78 Å². The number of allylic oxidation sites excluding steroid dienone is 1. The lowest BCUT2D eigenvalue weighted by molar-refractivity contribution is -0.153. The molecule has 178 valence electrons. The molecule has 10 nitrogen and oxygen atoms in total. The lowest BCUT2D eigenvalue weighted by atomic mass is 9.57. The molecule has 0 spiro atoms. The van der Waals surface area contributed by atoms with Crippen LogP contribution in [0.25, 0.3) is 11.8 Å². The SMILES string of the molecule is CN(C)[C@@H]1C(=O)C(C(N)=O)=C(O)[C@@]2(O)C(=O)C3=C(O)c4c(O)ccc(C=CC=N)c4C[C@H]3C[C@@H]12. The van der Waals surface area contributed by atoms with E-state index in [1.807, 2.05) is 0 Å². The number of Topliss-reactive ketones (excluding diaryl/α,β-unsaturated/α-hetero) is 2. The minimum atomic E-state index is -2.65. The zero-order chi connectivity index (χ0) is 25.1. The van der Waals surface area contributed by atoms with Gasteiger partial charge in [0.15, 0.2) is 11.4 Å². The molecule has 3 aliphatic carbocycles. The van der Waals surface area contributed by atoms with Crippen LogP contribution in [-0.2, 0) is 20.8 Å². The number of carbonyl (C=O) groups excluding carboxylic acids is 3. The fourth-order valence-electron chi connectivity index (χ4n) is 5.58. The molecule has 1 fully saturated rings. The summed E-state index contributed by atoms with van der Waals surface area (Å²) in [5.74, 6) is -6.82. The van der Waals surface area contributed by atoms with Gasteiger partial charge in [-0.3, -0.25) is 19.3 Å². The first-order valence-corrected chi connectivity index (χ1v) is 10.6. The smallest absolute Gasteiger partial charge is 0.255 e. The second kappa shape index (κ2) is 7.93. The molecule has 0 saturated heterocycles. The van der Waals surface area contributed by atoms with Crippen molar-refractivity contribution in [1.82, 2.24) is 4.90 Å². The summed E-state index contributed by atoms with van der Waals surface area (Å²) < 4.78 is 0. The summed E-state index contributed by atoms with van der Waals surface area (Å²) in [5, 5.41) is 51.1. The minimum Gasteiger partial charge on any atom is -0.508 e. The van der Waals surface area contributed by atoms with Crippen molar-refractivity contribution in [2.45, 2.75) is 24.5 Å². The Morgan fingerprint density at radius 1 is 1.24 bits per heavy atom. The number of nitrogens with two attached hydrogens (primary N) is 1. The third-order valence-electron chi connectivity index (χ3n) is 7.01. The van der Waals surface area contributed by atoms with Crippen LogP contribution in [0.1, 0.15) is 23.1 Å². The molecule has 1 amide bonds. The van der Waals surface area contributed by atoms with Gasteiger partial charge >= 0.3 is 0 Å². The van der Waals surface area contributed by atoms with Crippen molar-refractivity contribution in [2.24, 2.45) is 17.6 Å². The summed E-state index contributed by atoms with van der Waals surface area (Å²) in [6, 6.07) is 1.83. The first kappa shape index (κ1) is 23.4. The molecule has 4 rings (SSSR count). The third kappa shape index (κ3) is 3.02. The topological polar surface area (TPSA) is 185 Å². The van der Waals surface area contributed by atoms with Crippen molar-refractivity contribution in [3.8, 4) is 5.75 Å². The molecule has 3 aliphatic rings. The van der Waals surface area contributed by atoms with Gasteiger partial charge in [0.1, 0.15) is 22.8 Å². The number of phenols is 1. The van der Waals surface area contributed by atoms with Crippen molar-refractivity contribution < 1.29 is 34.8 Å². The Hall–Kier alpha value is -3.76. The van der Waals surface area contributed by atoms with E-state index in [0.29, 0.717) is 11.1 Å². The standard InChI is InChI=1S/C24H25N3O7/c1-27(2)18-13-9-11-8-12-10(4-3-7-25)5-6-14(28)16(12)19(29)15(11)21(31)24(13,34)22(32)17(20(18)30)23(26)33/h3-7,11,13,18,25,28-29,32,34H,8-9H2,1-2H3,(H2,26,33)/t11-,13-,18-,24-/m0/s1. The highest BCUT2D eigenvalue weighted by Gasteiger charge is 2.64. The number of aliphatic hydroxyl groups excluding tert-OH is 2. The molecule has 0 radical (unpaired) electrons. The van der Waals surface area contributed by atoms with Crippen LogP contribution in [0.2, 0.25) is 0 Å². The number of phenolic OH excluding ortho intramolecular Hbond substituents is 1. The number of aliphatic hydroxyl groups is 3. The first-order valence-electron chi connectivity index (χ1n) is 10.6. The van der Waals surface area contributed by atoms with Crippen LogP contribution in [0, 0.1) is 17.2 Å². The number of rotatable bonds is 4. The molecule has 0 heterocycles. The molecule has 34 heavy (non-hydrogen) atoms. The Bertz CT molecular complexity index is 1240. The van der Waals surface area contributed by atoms with E-state index < -0.39 is 58.0 Å². The van der Waals surface area contributed by atoms with Gasteiger partial charge in [0, 0.05) is 17.7 Å². The lowest BCUT2D eigenvalue weighted by Gasteiger charge is -2.50. The highest BCUT2D eigenvalue weighted by molar-refractivity contribution is 6.24. The summed E-state index contributed by atoms with van der Waals surface area (Å²) in [7, 11) is 3.09. The predicted molar refractivity (Wildman–Crippen MR) is 122 cm³/mol. The van der Waals surface area contributed by atoms with Crippen LogP contribution in [0.3, 0.4) is 0 Å². The molecule has 10 heteroatoms. The zero-order valence-electron chi connectivity index (χ0n) is 18.6. The van der Waals surface area contributed by atoms with Crippen LogP contribution in [0.15, 0.2) is 35.1 Å². The van der Waals surface area contributed by atoms with Gasteiger partial charge in [0.05, 0.1) is 11.6 Å². The van der Waals surface area contributed by atoms with E-state index in [4.69, 9.17) is 11.1 Å². The molecule has 0 bridgehead atoms. The monoisotopic (exact) mass is 467 g/mol. The number of nitrogens with one attached hydrogen (secondary N) is 1. The number of ketones is 2. The number of aromatic hydroxyl groups is 1. The number of benzene rings is 1. The molecule has 7 N–H and O–H groups in total. The van der Waals surface area contributed by atoms with Gasteiger partial charge < -0.3 is 31.6 Å². The molecular formula is C24H25N3O7. The van der Waals surface area contributed by atoms with Gasteiger partial charge in [-0.05, 0) is 56.1 Å². The summed E-state index contributed by atoms with van der Waals surface area (Å²) in [4.78, 5) is 40.2. The van der Waals surface area contributed by atoms with Crippen LogP contribution in [0.5, 0.6) is 5.75 Å². The van der Waals surface area contributed by atoms with E-state index in [9.17, 15) is 34.8 Å². The van der Waals surface area contributed by atoms with E-state index >= 15 is 0 Å². The van der Waals surface area contributed by atoms with Crippen LogP contribution in [0.4, 0.5) is 0 Å². The molecule has 0 aliphatic heterocycles. The maximum absolute atomic E-state index is 13.7. The molecular weight excluding hydrogens is 442 g/mol. The number of carbonyl (C=O) groups is 3. The summed E-state index contributed by atoms with van der Waals surface area (Å²) in [6.07, 6.45) is 4.40. The van der Waals surface area contributed by atoms with Gasteiger partial charge in [0.25, 0.3) is 5.91 Å². The highest BCUT2D eigenvalue weighted by atomic mass is 16.3. The first-order chi connectivity index (χ1) is 16.0. The zero-order valence-corrected chi connectivity index (χ0v) is 18.6. The van der Waals surface area contributed by atoms with Gasteiger partial charge in [-0.1, -0.05) is 12.1 Å². The van der Waals surface area contributed by atoms with Crippen LogP contribution < -0.4 is 5.73 Å². The number of hydrogen-bond acceptors (Lipinski definition) is 9. The number of nitrogens with zero attached hydrogens (tertiary/aromatic N) is 1. The van der Waals surface area contributed by atoms with E-state index in [-0.39, 0.29) is 29.7 Å². The number of hydrogen-bond donors (Lipinski definition) is 6. The minimum absolute atomic E-state index is 0.0171. The van der Waals surface area contributed by atoms with Gasteiger partial charge in [-0.15, -0.1) is 0 Å². The molecule has 0 unspecified atom stereocenters. The predicted octanol–water partition coefficient (Wildman–Crippen LogP) is 0.627. The van der Waals surface area contributed by atoms with Crippen molar-refractivity contribution in [3.05, 3.63) is 51.8 Å². The Morgan fingerprint density at radius 2 is 1.91 bits per heavy atom. The number of fused-ring (bicyclic) bond motifs is 3.